The Bertz CT molecular complexity index is 1270. The zero-order valence-corrected chi connectivity index (χ0v) is 19.7. The highest BCUT2D eigenvalue weighted by Crippen LogP contribution is 2.38. The summed E-state index contributed by atoms with van der Waals surface area (Å²) in [6.45, 7) is 0.476. The van der Waals surface area contributed by atoms with Crippen LogP contribution >= 0.6 is 15.9 Å². The third-order valence-electron chi connectivity index (χ3n) is 5.10. The largest absolute Gasteiger partial charge is 0.508 e. The number of hydrogen-bond donors (Lipinski definition) is 2. The van der Waals surface area contributed by atoms with Gasteiger partial charge in [-0.05, 0) is 70.0 Å². The highest BCUT2D eigenvalue weighted by molar-refractivity contribution is 9.10. The number of ether oxygens (including phenoxy) is 2. The molecule has 2 N–H and O–H groups in total. The van der Waals surface area contributed by atoms with Gasteiger partial charge >= 0.3 is 0 Å². The monoisotopic (exact) mass is 525 g/mol. The Kier molecular flexibility index (Phi) is 7.65. The average molecular weight is 526 g/mol. The molecule has 0 saturated heterocycles. The van der Waals surface area contributed by atoms with Gasteiger partial charge in [0, 0.05) is 23.4 Å². The number of aromatic hydroxyl groups is 1. The normalized spacial score (nSPS) is 10.7. The van der Waals surface area contributed by atoms with Gasteiger partial charge < -0.3 is 19.9 Å². The van der Waals surface area contributed by atoms with Crippen LogP contribution in [0.15, 0.2) is 89.4 Å². The molecule has 0 aromatic heterocycles. The third-order valence-corrected chi connectivity index (χ3v) is 5.69. The molecule has 7 heteroatoms. The predicted octanol–water partition coefficient (Wildman–Crippen LogP) is 7.20. The van der Waals surface area contributed by atoms with Crippen LogP contribution in [0.2, 0.25) is 0 Å². The summed E-state index contributed by atoms with van der Waals surface area (Å²) in [6.07, 6.45) is 0. The van der Waals surface area contributed by atoms with E-state index >= 15 is 0 Å². The molecule has 0 aliphatic rings. The Labute approximate surface area is 204 Å². The van der Waals surface area contributed by atoms with Crippen molar-refractivity contribution in [3.05, 3.63) is 118 Å². The Balaban J connectivity index is 1.56. The van der Waals surface area contributed by atoms with Gasteiger partial charge in [-0.15, -0.1) is 0 Å². The summed E-state index contributed by atoms with van der Waals surface area (Å²) in [7, 11) is 0. The van der Waals surface area contributed by atoms with Crippen molar-refractivity contribution in [2.75, 3.05) is 5.32 Å². The number of anilines is 1. The molecule has 4 rings (SSSR count). The van der Waals surface area contributed by atoms with Crippen LogP contribution < -0.4 is 14.8 Å². The lowest BCUT2D eigenvalue weighted by molar-refractivity contribution is 0.249. The van der Waals surface area contributed by atoms with Crippen LogP contribution in [-0.2, 0) is 19.8 Å². The van der Waals surface area contributed by atoms with Crippen molar-refractivity contribution in [3.8, 4) is 17.2 Å². The molecular formula is C27H22BrF2NO3. The van der Waals surface area contributed by atoms with Gasteiger partial charge in [-0.25, -0.2) is 8.78 Å². The van der Waals surface area contributed by atoms with Gasteiger partial charge in [-0.1, -0.05) is 36.4 Å². The zero-order valence-electron chi connectivity index (χ0n) is 18.1. The topological polar surface area (TPSA) is 50.7 Å². The first-order chi connectivity index (χ1) is 16.5. The maximum atomic E-state index is 14.1. The van der Waals surface area contributed by atoms with E-state index in [4.69, 9.17) is 9.47 Å². The Morgan fingerprint density at radius 2 is 1.35 bits per heavy atom. The molecule has 4 aromatic carbocycles. The maximum Gasteiger partial charge on any atom is 0.175 e. The Morgan fingerprint density at radius 3 is 1.97 bits per heavy atom. The summed E-state index contributed by atoms with van der Waals surface area (Å²) in [5.74, 6) is 0.264. The molecule has 0 unspecified atom stereocenters. The number of halogens is 3. The van der Waals surface area contributed by atoms with Crippen molar-refractivity contribution in [1.82, 2.24) is 0 Å². The van der Waals surface area contributed by atoms with Crippen LogP contribution in [0.5, 0.6) is 17.2 Å². The first kappa shape index (κ1) is 23.6. The van der Waals surface area contributed by atoms with E-state index in [1.807, 2.05) is 6.07 Å². The van der Waals surface area contributed by atoms with Crippen molar-refractivity contribution in [2.24, 2.45) is 0 Å². The van der Waals surface area contributed by atoms with Crippen molar-refractivity contribution in [3.63, 3.8) is 0 Å². The predicted molar refractivity (Wildman–Crippen MR) is 131 cm³/mol. The van der Waals surface area contributed by atoms with Crippen LogP contribution in [0.4, 0.5) is 14.5 Å². The molecular weight excluding hydrogens is 504 g/mol. The van der Waals surface area contributed by atoms with E-state index in [2.05, 4.69) is 21.2 Å². The van der Waals surface area contributed by atoms with Crippen LogP contribution in [0.3, 0.4) is 0 Å². The van der Waals surface area contributed by atoms with Gasteiger partial charge in [0.25, 0.3) is 0 Å². The average Bonchev–Trinajstić information content (AvgIpc) is 2.83. The van der Waals surface area contributed by atoms with Crippen molar-refractivity contribution >= 4 is 21.6 Å². The fourth-order valence-electron chi connectivity index (χ4n) is 3.29. The van der Waals surface area contributed by atoms with Gasteiger partial charge in [-0.2, -0.15) is 0 Å². The smallest absolute Gasteiger partial charge is 0.175 e. The number of nitrogens with one attached hydrogen (secondary N) is 1. The van der Waals surface area contributed by atoms with Crippen molar-refractivity contribution in [2.45, 2.75) is 19.8 Å². The molecule has 34 heavy (non-hydrogen) atoms. The molecule has 0 aliphatic heterocycles. The molecule has 0 aliphatic carbocycles. The molecule has 4 aromatic rings. The second-order valence-electron chi connectivity index (χ2n) is 7.57. The molecule has 0 bridgehead atoms. The van der Waals surface area contributed by atoms with Crippen LogP contribution in [0, 0.1) is 11.6 Å². The molecule has 0 amide bonds. The summed E-state index contributed by atoms with van der Waals surface area (Å²) in [5.41, 5.74) is 2.53. The van der Waals surface area contributed by atoms with Gasteiger partial charge in [0.2, 0.25) is 0 Å². The molecule has 4 nitrogen and oxygen atoms in total. The van der Waals surface area contributed by atoms with E-state index in [0.717, 1.165) is 11.3 Å². The zero-order chi connectivity index (χ0) is 23.9. The molecule has 0 heterocycles. The number of hydrogen-bond acceptors (Lipinski definition) is 4. The highest BCUT2D eigenvalue weighted by atomic mass is 79.9. The summed E-state index contributed by atoms with van der Waals surface area (Å²) >= 11 is 3.53. The molecule has 0 atom stereocenters. The van der Waals surface area contributed by atoms with E-state index in [1.165, 1.54) is 12.1 Å². The second kappa shape index (κ2) is 11.0. The van der Waals surface area contributed by atoms with E-state index in [-0.39, 0.29) is 30.6 Å². The number of benzene rings is 4. The quantitative estimate of drug-likeness (QED) is 0.227. The third kappa shape index (κ3) is 6.05. The fraction of sp³-hybridized carbons (Fsp3) is 0.111. The molecule has 0 radical (unpaired) electrons. The molecule has 0 saturated carbocycles. The SMILES string of the molecule is Oc1ccc(NCc2cc(Br)c(OCc3ccccc3F)c(OCc3ccccc3F)c2)cc1. The van der Waals surface area contributed by atoms with Crippen LogP contribution in [0.25, 0.3) is 0 Å². The van der Waals surface area contributed by atoms with Crippen LogP contribution in [0.1, 0.15) is 16.7 Å². The van der Waals surface area contributed by atoms with E-state index in [0.29, 0.717) is 33.6 Å². The lowest BCUT2D eigenvalue weighted by Gasteiger charge is -2.17. The summed E-state index contributed by atoms with van der Waals surface area (Å²) in [5, 5.41) is 12.7. The minimum Gasteiger partial charge on any atom is -0.508 e. The summed E-state index contributed by atoms with van der Waals surface area (Å²) in [6, 6.07) is 23.2. The standard InChI is InChI=1S/C27H22BrF2NO3/c28-23-13-18(15-31-21-9-11-22(32)12-10-21)14-26(33-16-19-5-1-3-7-24(19)29)27(23)34-17-20-6-2-4-8-25(20)30/h1-14,31-32H,15-17H2. The second-order valence-corrected chi connectivity index (χ2v) is 8.42. The summed E-state index contributed by atoms with van der Waals surface area (Å²) in [4.78, 5) is 0. The first-order valence-corrected chi connectivity index (χ1v) is 11.4. The summed E-state index contributed by atoms with van der Waals surface area (Å²) < 4.78 is 40.7. The minimum atomic E-state index is -0.361. The lowest BCUT2D eigenvalue weighted by Crippen LogP contribution is -2.05. The molecule has 174 valence electrons. The molecule has 0 spiro atoms. The maximum absolute atomic E-state index is 14.1. The minimum absolute atomic E-state index is 0.00398. The van der Waals surface area contributed by atoms with Gasteiger partial charge in [-0.3, -0.25) is 0 Å². The van der Waals surface area contributed by atoms with E-state index < -0.39 is 0 Å². The Hall–Kier alpha value is -3.58. The van der Waals surface area contributed by atoms with Gasteiger partial charge in [0.05, 0.1) is 4.47 Å². The number of phenolic OH excluding ortho intramolecular Hbond substituents is 1. The highest BCUT2D eigenvalue weighted by Gasteiger charge is 2.15. The van der Waals surface area contributed by atoms with Gasteiger partial charge in [0.15, 0.2) is 11.5 Å². The van der Waals surface area contributed by atoms with Crippen molar-refractivity contribution in [1.29, 1.82) is 0 Å². The molecule has 0 fully saturated rings. The fourth-order valence-corrected chi connectivity index (χ4v) is 3.89. The number of rotatable bonds is 9. The lowest BCUT2D eigenvalue weighted by atomic mass is 10.1. The van der Waals surface area contributed by atoms with Crippen LogP contribution in [-0.4, -0.2) is 5.11 Å². The van der Waals surface area contributed by atoms with E-state index in [1.54, 1.807) is 66.7 Å². The Morgan fingerprint density at radius 1 is 0.765 bits per heavy atom. The first-order valence-electron chi connectivity index (χ1n) is 10.6. The van der Waals surface area contributed by atoms with E-state index in [9.17, 15) is 13.9 Å². The van der Waals surface area contributed by atoms with Gasteiger partial charge in [0.1, 0.15) is 30.6 Å². The number of phenols is 1. The van der Waals surface area contributed by atoms with Crippen molar-refractivity contribution < 1.29 is 23.4 Å².